The van der Waals surface area contributed by atoms with Crippen LogP contribution in [0.25, 0.3) is 0 Å². The summed E-state index contributed by atoms with van der Waals surface area (Å²) in [6.07, 6.45) is 1.61. The Balaban J connectivity index is 2.96. The molecule has 0 spiro atoms. The zero-order valence-electron chi connectivity index (χ0n) is 9.26. The van der Waals surface area contributed by atoms with Gasteiger partial charge in [-0.25, -0.2) is 4.99 Å². The molecule has 1 rings (SSSR count). The molecule has 0 amide bonds. The SMILES string of the molecule is COc1cc(OC)nc(N=CN(C)C)n1. The van der Waals surface area contributed by atoms with Crippen molar-refractivity contribution in [1.82, 2.24) is 14.9 Å². The Labute approximate surface area is 88.6 Å². The van der Waals surface area contributed by atoms with Gasteiger partial charge < -0.3 is 14.4 Å². The second-order valence-electron chi connectivity index (χ2n) is 2.96. The fourth-order valence-corrected chi connectivity index (χ4v) is 0.826. The fraction of sp³-hybridized carbons (Fsp3) is 0.444. The van der Waals surface area contributed by atoms with Crippen molar-refractivity contribution in [1.29, 1.82) is 0 Å². The second-order valence-corrected chi connectivity index (χ2v) is 2.96. The third kappa shape index (κ3) is 3.41. The van der Waals surface area contributed by atoms with Gasteiger partial charge in [0.25, 0.3) is 5.95 Å². The Hall–Kier alpha value is -1.85. The highest BCUT2D eigenvalue weighted by Crippen LogP contribution is 2.18. The maximum absolute atomic E-state index is 4.99. The molecule has 0 saturated carbocycles. The summed E-state index contributed by atoms with van der Waals surface area (Å²) in [5.74, 6) is 1.15. The van der Waals surface area contributed by atoms with Crippen LogP contribution in [0.3, 0.4) is 0 Å². The van der Waals surface area contributed by atoms with Crippen LogP contribution in [-0.2, 0) is 0 Å². The molecule has 0 fully saturated rings. The van der Waals surface area contributed by atoms with E-state index in [-0.39, 0.29) is 0 Å². The minimum absolute atomic E-state index is 0.305. The molecule has 1 heterocycles. The number of hydrogen-bond donors (Lipinski definition) is 0. The van der Waals surface area contributed by atoms with E-state index in [4.69, 9.17) is 9.47 Å². The second kappa shape index (κ2) is 5.14. The molecule has 0 bridgehead atoms. The van der Waals surface area contributed by atoms with Crippen molar-refractivity contribution in [3.63, 3.8) is 0 Å². The van der Waals surface area contributed by atoms with Gasteiger partial charge in [0.05, 0.1) is 26.6 Å². The summed E-state index contributed by atoms with van der Waals surface area (Å²) >= 11 is 0. The molecule has 0 aliphatic heterocycles. The number of aromatic nitrogens is 2. The van der Waals surface area contributed by atoms with E-state index in [2.05, 4.69) is 15.0 Å². The lowest BCUT2D eigenvalue weighted by atomic mass is 10.6. The average molecular weight is 210 g/mol. The van der Waals surface area contributed by atoms with E-state index in [1.807, 2.05) is 14.1 Å². The smallest absolute Gasteiger partial charge is 0.257 e. The predicted octanol–water partition coefficient (Wildman–Crippen LogP) is 0.715. The summed E-state index contributed by atoms with van der Waals surface area (Å²) in [7, 11) is 6.78. The van der Waals surface area contributed by atoms with Gasteiger partial charge in [-0.2, -0.15) is 9.97 Å². The van der Waals surface area contributed by atoms with Crippen LogP contribution < -0.4 is 9.47 Å². The van der Waals surface area contributed by atoms with Gasteiger partial charge in [0.2, 0.25) is 11.8 Å². The maximum Gasteiger partial charge on any atom is 0.257 e. The van der Waals surface area contributed by atoms with Crippen molar-refractivity contribution in [3.8, 4) is 11.8 Å². The van der Waals surface area contributed by atoms with Gasteiger partial charge in [-0.1, -0.05) is 0 Å². The van der Waals surface area contributed by atoms with E-state index in [1.165, 1.54) is 14.2 Å². The molecule has 15 heavy (non-hydrogen) atoms. The van der Waals surface area contributed by atoms with Crippen molar-refractivity contribution < 1.29 is 9.47 Å². The summed E-state index contributed by atoms with van der Waals surface area (Å²) in [5.41, 5.74) is 0. The molecule has 0 N–H and O–H groups in total. The molecule has 0 aliphatic rings. The minimum Gasteiger partial charge on any atom is -0.481 e. The standard InChI is InChI=1S/C9H14N4O2/c1-13(2)6-10-9-11-7(14-3)5-8(12-9)15-4/h5-6H,1-4H3. The van der Waals surface area contributed by atoms with E-state index in [0.29, 0.717) is 17.7 Å². The largest absolute Gasteiger partial charge is 0.481 e. The van der Waals surface area contributed by atoms with Gasteiger partial charge in [0, 0.05) is 14.1 Å². The summed E-state index contributed by atoms with van der Waals surface area (Å²) in [4.78, 5) is 13.9. The molecule has 0 aliphatic carbocycles. The predicted molar refractivity (Wildman–Crippen MR) is 57.0 cm³/mol. The zero-order valence-corrected chi connectivity index (χ0v) is 9.26. The Morgan fingerprint density at radius 2 is 1.73 bits per heavy atom. The van der Waals surface area contributed by atoms with Crippen LogP contribution in [0.4, 0.5) is 5.95 Å². The topological polar surface area (TPSA) is 59.8 Å². The highest BCUT2D eigenvalue weighted by atomic mass is 16.5. The van der Waals surface area contributed by atoms with Gasteiger partial charge in [-0.05, 0) is 0 Å². The number of nitrogens with zero attached hydrogens (tertiary/aromatic N) is 4. The monoisotopic (exact) mass is 210 g/mol. The first kappa shape index (κ1) is 11.2. The zero-order chi connectivity index (χ0) is 11.3. The van der Waals surface area contributed by atoms with Gasteiger partial charge in [0.15, 0.2) is 0 Å². The Kier molecular flexibility index (Phi) is 3.84. The molecule has 1 aromatic rings. The summed E-state index contributed by atoms with van der Waals surface area (Å²) < 4.78 is 9.97. The average Bonchev–Trinajstić information content (AvgIpc) is 2.25. The minimum atomic E-state index is 0.305. The molecule has 0 saturated heterocycles. The van der Waals surface area contributed by atoms with Crippen LogP contribution in [0, 0.1) is 0 Å². The lowest BCUT2D eigenvalue weighted by molar-refractivity contribution is 0.372. The van der Waals surface area contributed by atoms with Crippen molar-refractivity contribution in [2.75, 3.05) is 28.3 Å². The number of rotatable bonds is 4. The van der Waals surface area contributed by atoms with Crippen LogP contribution in [-0.4, -0.2) is 49.5 Å². The van der Waals surface area contributed by atoms with Crippen molar-refractivity contribution in [2.45, 2.75) is 0 Å². The molecular formula is C9H14N4O2. The summed E-state index contributed by atoms with van der Waals surface area (Å²) in [5, 5.41) is 0. The fourth-order valence-electron chi connectivity index (χ4n) is 0.826. The van der Waals surface area contributed by atoms with Crippen molar-refractivity contribution >= 4 is 12.3 Å². The van der Waals surface area contributed by atoms with Crippen LogP contribution in [0.2, 0.25) is 0 Å². The first-order valence-corrected chi connectivity index (χ1v) is 4.33. The van der Waals surface area contributed by atoms with E-state index in [0.717, 1.165) is 0 Å². The molecule has 82 valence electrons. The molecule has 6 heteroatoms. The molecule has 0 atom stereocenters. The number of ether oxygens (including phenoxy) is 2. The number of hydrogen-bond acceptors (Lipinski definition) is 5. The number of aliphatic imine (C=N–C) groups is 1. The molecule has 6 nitrogen and oxygen atoms in total. The Bertz CT molecular complexity index is 330. The Morgan fingerprint density at radius 1 is 1.20 bits per heavy atom. The van der Waals surface area contributed by atoms with Crippen LogP contribution >= 0.6 is 0 Å². The van der Waals surface area contributed by atoms with E-state index in [9.17, 15) is 0 Å². The van der Waals surface area contributed by atoms with Crippen LogP contribution in [0.1, 0.15) is 0 Å². The number of methoxy groups -OCH3 is 2. The lowest BCUT2D eigenvalue weighted by Gasteiger charge is -2.04. The van der Waals surface area contributed by atoms with E-state index >= 15 is 0 Å². The van der Waals surface area contributed by atoms with Gasteiger partial charge in [0.1, 0.15) is 0 Å². The maximum atomic E-state index is 4.99. The molecule has 0 unspecified atom stereocenters. The van der Waals surface area contributed by atoms with Gasteiger partial charge in [-0.15, -0.1) is 0 Å². The Morgan fingerprint density at radius 3 is 2.13 bits per heavy atom. The highest BCUT2D eigenvalue weighted by Gasteiger charge is 2.03. The van der Waals surface area contributed by atoms with E-state index < -0.39 is 0 Å². The van der Waals surface area contributed by atoms with Crippen molar-refractivity contribution in [3.05, 3.63) is 6.07 Å². The first-order chi connectivity index (χ1) is 7.15. The van der Waals surface area contributed by atoms with E-state index in [1.54, 1.807) is 17.3 Å². The molecule has 0 radical (unpaired) electrons. The highest BCUT2D eigenvalue weighted by molar-refractivity contribution is 5.57. The van der Waals surface area contributed by atoms with Crippen LogP contribution in [0.15, 0.2) is 11.1 Å². The first-order valence-electron chi connectivity index (χ1n) is 4.33. The van der Waals surface area contributed by atoms with Crippen LogP contribution in [0.5, 0.6) is 11.8 Å². The third-order valence-corrected chi connectivity index (χ3v) is 1.49. The molecular weight excluding hydrogens is 196 g/mol. The third-order valence-electron chi connectivity index (χ3n) is 1.49. The van der Waals surface area contributed by atoms with Crippen molar-refractivity contribution in [2.24, 2.45) is 4.99 Å². The lowest BCUT2D eigenvalue weighted by Crippen LogP contribution is -2.07. The normalized spacial score (nSPS) is 10.4. The summed E-state index contributed by atoms with van der Waals surface area (Å²) in [6, 6.07) is 1.59. The molecule has 1 aromatic heterocycles. The van der Waals surface area contributed by atoms with Gasteiger partial charge in [-0.3, -0.25) is 0 Å². The van der Waals surface area contributed by atoms with Gasteiger partial charge >= 0.3 is 0 Å². The quantitative estimate of drug-likeness (QED) is 0.541. The molecule has 0 aromatic carbocycles. The summed E-state index contributed by atoms with van der Waals surface area (Å²) in [6.45, 7) is 0.